The first kappa shape index (κ1) is 11.7. The number of pyridine rings is 1. The molecule has 1 unspecified atom stereocenters. The highest BCUT2D eigenvalue weighted by molar-refractivity contribution is 5.95. The highest BCUT2D eigenvalue weighted by Crippen LogP contribution is 2.24. The largest absolute Gasteiger partial charge is 0.465 e. The van der Waals surface area contributed by atoms with Gasteiger partial charge in [-0.05, 0) is 18.4 Å². The summed E-state index contributed by atoms with van der Waals surface area (Å²) >= 11 is 0. The summed E-state index contributed by atoms with van der Waals surface area (Å²) in [7, 11) is 1.35. The summed E-state index contributed by atoms with van der Waals surface area (Å²) in [5.41, 5.74) is 6.45. The van der Waals surface area contributed by atoms with E-state index in [-0.39, 0.29) is 0 Å². The molecule has 0 aromatic carbocycles. The Morgan fingerprint density at radius 2 is 2.41 bits per heavy atom. The Kier molecular flexibility index (Phi) is 3.17. The van der Waals surface area contributed by atoms with Crippen LogP contribution in [0.3, 0.4) is 0 Å². The molecule has 0 saturated carbocycles. The summed E-state index contributed by atoms with van der Waals surface area (Å²) in [6.45, 7) is 4.15. The number of carbonyl (C=O) groups excluding carboxylic acids is 1. The SMILES string of the molecule is COC(=O)c1cc(N2CCC(C)C2)ncc1N. The Balaban J connectivity index is 2.27. The number of hydrogen-bond donors (Lipinski definition) is 1. The van der Waals surface area contributed by atoms with Crippen molar-refractivity contribution in [1.82, 2.24) is 4.98 Å². The number of nitrogen functional groups attached to an aromatic ring is 1. The van der Waals surface area contributed by atoms with Crippen LogP contribution in [0.5, 0.6) is 0 Å². The molecular weight excluding hydrogens is 218 g/mol. The molecule has 1 fully saturated rings. The second-order valence-corrected chi connectivity index (χ2v) is 4.46. The lowest BCUT2D eigenvalue weighted by atomic mass is 10.2. The maximum absolute atomic E-state index is 11.5. The molecule has 2 N–H and O–H groups in total. The molecule has 92 valence electrons. The van der Waals surface area contributed by atoms with Crippen LogP contribution in [0.25, 0.3) is 0 Å². The second kappa shape index (κ2) is 4.61. The van der Waals surface area contributed by atoms with Gasteiger partial charge in [-0.2, -0.15) is 0 Å². The van der Waals surface area contributed by atoms with Crippen LogP contribution in [0.1, 0.15) is 23.7 Å². The van der Waals surface area contributed by atoms with Gasteiger partial charge in [0.1, 0.15) is 5.82 Å². The number of nitrogens with two attached hydrogens (primary N) is 1. The molecule has 1 aliphatic rings. The van der Waals surface area contributed by atoms with Gasteiger partial charge in [-0.3, -0.25) is 0 Å². The van der Waals surface area contributed by atoms with Gasteiger partial charge in [0.2, 0.25) is 0 Å². The van der Waals surface area contributed by atoms with Gasteiger partial charge in [0.05, 0.1) is 24.6 Å². The van der Waals surface area contributed by atoms with Gasteiger partial charge in [0, 0.05) is 13.1 Å². The maximum atomic E-state index is 11.5. The van der Waals surface area contributed by atoms with Crippen LogP contribution in [0, 0.1) is 5.92 Å². The summed E-state index contributed by atoms with van der Waals surface area (Å²) in [5.74, 6) is 1.04. The average molecular weight is 235 g/mol. The predicted octanol–water partition coefficient (Wildman–Crippen LogP) is 1.30. The van der Waals surface area contributed by atoms with E-state index < -0.39 is 5.97 Å². The molecule has 0 aliphatic carbocycles. The Morgan fingerprint density at radius 3 is 3.00 bits per heavy atom. The van der Waals surface area contributed by atoms with Crippen molar-refractivity contribution in [3.05, 3.63) is 17.8 Å². The van der Waals surface area contributed by atoms with E-state index in [2.05, 4.69) is 16.8 Å². The van der Waals surface area contributed by atoms with E-state index in [1.807, 2.05) is 0 Å². The number of aromatic nitrogens is 1. The fourth-order valence-electron chi connectivity index (χ4n) is 2.06. The van der Waals surface area contributed by atoms with Crippen molar-refractivity contribution in [2.45, 2.75) is 13.3 Å². The molecule has 0 bridgehead atoms. The normalized spacial score (nSPS) is 19.4. The summed E-state index contributed by atoms with van der Waals surface area (Å²) in [5, 5.41) is 0. The number of ether oxygens (including phenoxy) is 1. The third-order valence-corrected chi connectivity index (χ3v) is 3.07. The quantitative estimate of drug-likeness (QED) is 0.782. The van der Waals surface area contributed by atoms with Gasteiger partial charge >= 0.3 is 5.97 Å². The van der Waals surface area contributed by atoms with E-state index in [0.29, 0.717) is 17.2 Å². The van der Waals surface area contributed by atoms with E-state index in [1.54, 1.807) is 6.07 Å². The van der Waals surface area contributed by atoms with Gasteiger partial charge in [-0.15, -0.1) is 0 Å². The number of carbonyl (C=O) groups is 1. The maximum Gasteiger partial charge on any atom is 0.340 e. The Morgan fingerprint density at radius 1 is 1.65 bits per heavy atom. The fourth-order valence-corrected chi connectivity index (χ4v) is 2.06. The van der Waals surface area contributed by atoms with E-state index >= 15 is 0 Å². The second-order valence-electron chi connectivity index (χ2n) is 4.46. The third-order valence-electron chi connectivity index (χ3n) is 3.07. The lowest BCUT2D eigenvalue weighted by Crippen LogP contribution is -2.21. The first-order valence-electron chi connectivity index (χ1n) is 5.70. The van der Waals surface area contributed by atoms with Crippen LogP contribution in [0.4, 0.5) is 11.5 Å². The Hall–Kier alpha value is -1.78. The van der Waals surface area contributed by atoms with Crippen LogP contribution in [0.2, 0.25) is 0 Å². The molecular formula is C12H17N3O2. The van der Waals surface area contributed by atoms with Crippen LogP contribution in [-0.2, 0) is 4.74 Å². The molecule has 0 radical (unpaired) electrons. The standard InChI is InChI=1S/C12H17N3O2/c1-8-3-4-15(7-8)11-5-9(12(16)17-2)10(13)6-14-11/h5-6,8H,3-4,7,13H2,1-2H3. The van der Waals surface area contributed by atoms with Crippen molar-refractivity contribution in [1.29, 1.82) is 0 Å². The van der Waals surface area contributed by atoms with Crippen molar-refractivity contribution in [2.24, 2.45) is 5.92 Å². The van der Waals surface area contributed by atoms with Gasteiger partial charge in [0.15, 0.2) is 0 Å². The Labute approximate surface area is 101 Å². The van der Waals surface area contributed by atoms with Crippen LogP contribution < -0.4 is 10.6 Å². The minimum Gasteiger partial charge on any atom is -0.465 e. The summed E-state index contributed by atoms with van der Waals surface area (Å²) in [6, 6.07) is 1.71. The minimum absolute atomic E-state index is 0.354. The summed E-state index contributed by atoms with van der Waals surface area (Å²) in [4.78, 5) is 17.9. The zero-order valence-electron chi connectivity index (χ0n) is 10.1. The van der Waals surface area contributed by atoms with Crippen LogP contribution in [0.15, 0.2) is 12.3 Å². The third kappa shape index (κ3) is 2.33. The van der Waals surface area contributed by atoms with Crippen molar-refractivity contribution in [2.75, 3.05) is 30.8 Å². The smallest absolute Gasteiger partial charge is 0.340 e. The predicted molar refractivity (Wildman–Crippen MR) is 66.0 cm³/mol. The Bertz CT molecular complexity index is 434. The molecule has 5 nitrogen and oxygen atoms in total. The minimum atomic E-state index is -0.418. The molecule has 1 atom stereocenters. The van der Waals surface area contributed by atoms with Crippen molar-refractivity contribution >= 4 is 17.5 Å². The first-order chi connectivity index (χ1) is 8.11. The number of methoxy groups -OCH3 is 1. The van der Waals surface area contributed by atoms with Gasteiger partial charge in [-0.1, -0.05) is 6.92 Å². The number of anilines is 2. The van der Waals surface area contributed by atoms with Gasteiger partial charge in [0.25, 0.3) is 0 Å². The summed E-state index contributed by atoms with van der Waals surface area (Å²) < 4.78 is 4.69. The van der Waals surface area contributed by atoms with Crippen LogP contribution >= 0.6 is 0 Å². The molecule has 1 aromatic heterocycles. The molecule has 5 heteroatoms. The monoisotopic (exact) mass is 235 g/mol. The average Bonchev–Trinajstić information content (AvgIpc) is 2.75. The molecule has 1 aromatic rings. The lowest BCUT2D eigenvalue weighted by Gasteiger charge is -2.17. The van der Waals surface area contributed by atoms with Crippen molar-refractivity contribution in [3.8, 4) is 0 Å². The number of esters is 1. The highest BCUT2D eigenvalue weighted by Gasteiger charge is 2.21. The lowest BCUT2D eigenvalue weighted by molar-refractivity contribution is 0.0602. The molecule has 2 heterocycles. The van der Waals surface area contributed by atoms with Crippen molar-refractivity contribution < 1.29 is 9.53 Å². The van der Waals surface area contributed by atoms with E-state index in [4.69, 9.17) is 10.5 Å². The number of hydrogen-bond acceptors (Lipinski definition) is 5. The van der Waals surface area contributed by atoms with Gasteiger partial charge < -0.3 is 15.4 Å². The fraction of sp³-hybridized carbons (Fsp3) is 0.500. The molecule has 0 spiro atoms. The zero-order valence-corrected chi connectivity index (χ0v) is 10.1. The molecule has 2 rings (SSSR count). The van der Waals surface area contributed by atoms with Crippen LogP contribution in [-0.4, -0.2) is 31.2 Å². The van der Waals surface area contributed by atoms with Gasteiger partial charge in [-0.25, -0.2) is 9.78 Å². The van der Waals surface area contributed by atoms with E-state index in [9.17, 15) is 4.79 Å². The molecule has 1 saturated heterocycles. The number of rotatable bonds is 2. The molecule has 1 aliphatic heterocycles. The highest BCUT2D eigenvalue weighted by atomic mass is 16.5. The van der Waals surface area contributed by atoms with Crippen molar-refractivity contribution in [3.63, 3.8) is 0 Å². The molecule has 0 amide bonds. The summed E-state index contributed by atoms with van der Waals surface area (Å²) in [6.07, 6.45) is 2.67. The first-order valence-corrected chi connectivity index (χ1v) is 5.70. The molecule has 17 heavy (non-hydrogen) atoms. The zero-order chi connectivity index (χ0) is 12.4. The topological polar surface area (TPSA) is 68.5 Å². The van der Waals surface area contributed by atoms with E-state index in [1.165, 1.54) is 13.3 Å². The number of nitrogens with zero attached hydrogens (tertiary/aromatic N) is 2. The van der Waals surface area contributed by atoms with E-state index in [0.717, 1.165) is 25.3 Å².